The minimum atomic E-state index is -1.58. The van der Waals surface area contributed by atoms with E-state index >= 15 is 0 Å². The van der Waals surface area contributed by atoms with E-state index in [0.29, 0.717) is 6.42 Å². The Morgan fingerprint density at radius 2 is 0.811 bits per heavy atom. The van der Waals surface area contributed by atoms with Gasteiger partial charge < -0.3 is 40.3 Å². The molecular formula is C65H117NO8. The molecule has 74 heavy (non-hydrogen) atoms. The van der Waals surface area contributed by atoms with Crippen molar-refractivity contribution in [2.24, 2.45) is 0 Å². The number of ether oxygens (including phenoxy) is 2. The van der Waals surface area contributed by atoms with Crippen molar-refractivity contribution in [1.82, 2.24) is 5.32 Å². The molecule has 7 atom stereocenters. The standard InChI is InChI=1S/C65H117NO8/c1-3-5-7-9-11-13-15-17-19-21-23-24-25-26-27-28-29-30-31-32-33-34-35-37-38-40-42-44-46-48-50-52-54-59(68)58(57-73-65-64(72)63(71)62(70)60(56-67)74-65)66-61(69)55-53-51-49-47-45-43-41-39-36-22-20-18-16-14-12-10-8-6-4-2/h12,14,18,20,36-39,44,46,52,54,58-60,62-65,67-68,70-72H,3-11,13,15-17,19,21-35,40-43,45,47-51,53,55-57H2,1-2H3,(H,66,69)/b14-12-,20-18-,38-37+,39-36-,46-44+,54-52+. The highest BCUT2D eigenvalue weighted by Gasteiger charge is 2.44. The number of hydrogen-bond acceptors (Lipinski definition) is 8. The zero-order valence-electron chi connectivity index (χ0n) is 47.8. The number of allylic oxidation sites excluding steroid dienone is 11. The molecule has 0 saturated carbocycles. The Hall–Kier alpha value is -2.37. The van der Waals surface area contributed by atoms with E-state index in [9.17, 15) is 30.3 Å². The van der Waals surface area contributed by atoms with E-state index in [1.807, 2.05) is 6.08 Å². The number of nitrogens with one attached hydrogen (secondary N) is 1. The van der Waals surface area contributed by atoms with Gasteiger partial charge in [0.05, 0.1) is 25.4 Å². The number of amides is 1. The predicted molar refractivity (Wildman–Crippen MR) is 313 cm³/mol. The van der Waals surface area contributed by atoms with E-state index in [0.717, 1.165) is 83.5 Å². The van der Waals surface area contributed by atoms with Crippen molar-refractivity contribution >= 4 is 5.91 Å². The lowest BCUT2D eigenvalue weighted by Crippen LogP contribution is -2.60. The number of carbonyl (C=O) groups excluding carboxylic acids is 1. The lowest BCUT2D eigenvalue weighted by molar-refractivity contribution is -0.302. The molecular weight excluding hydrogens is 923 g/mol. The van der Waals surface area contributed by atoms with Gasteiger partial charge in [0.15, 0.2) is 6.29 Å². The fourth-order valence-electron chi connectivity index (χ4n) is 9.55. The van der Waals surface area contributed by atoms with Crippen LogP contribution in [0.15, 0.2) is 72.9 Å². The molecule has 1 amide bonds. The summed E-state index contributed by atoms with van der Waals surface area (Å²) in [5, 5.41) is 54.5. The molecule has 1 fully saturated rings. The van der Waals surface area contributed by atoms with E-state index in [2.05, 4.69) is 79.9 Å². The molecule has 0 aromatic heterocycles. The molecule has 1 rings (SSSR count). The molecule has 6 N–H and O–H groups in total. The first-order chi connectivity index (χ1) is 36.3. The molecule has 0 aromatic rings. The van der Waals surface area contributed by atoms with Gasteiger partial charge in [0.2, 0.25) is 5.91 Å². The van der Waals surface area contributed by atoms with Crippen LogP contribution in [-0.4, -0.2) is 87.5 Å². The van der Waals surface area contributed by atoms with E-state index in [-0.39, 0.29) is 12.5 Å². The summed E-state index contributed by atoms with van der Waals surface area (Å²) in [5.41, 5.74) is 0. The molecule has 0 bridgehead atoms. The van der Waals surface area contributed by atoms with Crippen LogP contribution in [0.2, 0.25) is 0 Å². The lowest BCUT2D eigenvalue weighted by Gasteiger charge is -2.40. The van der Waals surface area contributed by atoms with E-state index in [1.165, 1.54) is 173 Å². The first-order valence-corrected chi connectivity index (χ1v) is 31.2. The van der Waals surface area contributed by atoms with Crippen molar-refractivity contribution in [3.8, 4) is 0 Å². The Morgan fingerprint density at radius 3 is 1.26 bits per heavy atom. The Bertz CT molecular complexity index is 1390. The first kappa shape index (κ1) is 69.6. The highest BCUT2D eigenvalue weighted by molar-refractivity contribution is 5.76. The van der Waals surface area contributed by atoms with Crippen LogP contribution >= 0.6 is 0 Å². The van der Waals surface area contributed by atoms with Gasteiger partial charge in [0, 0.05) is 6.42 Å². The van der Waals surface area contributed by atoms with Gasteiger partial charge in [-0.3, -0.25) is 4.79 Å². The third kappa shape index (κ3) is 42.7. The van der Waals surface area contributed by atoms with Crippen LogP contribution in [0.3, 0.4) is 0 Å². The highest BCUT2D eigenvalue weighted by atomic mass is 16.7. The zero-order chi connectivity index (χ0) is 53.6. The zero-order valence-corrected chi connectivity index (χ0v) is 47.8. The quantitative estimate of drug-likeness (QED) is 0.0261. The molecule has 0 spiro atoms. The number of hydrogen-bond donors (Lipinski definition) is 6. The maximum absolute atomic E-state index is 13.0. The summed E-state index contributed by atoms with van der Waals surface area (Å²) >= 11 is 0. The fourth-order valence-corrected chi connectivity index (χ4v) is 9.55. The smallest absolute Gasteiger partial charge is 0.220 e. The number of rotatable bonds is 53. The Morgan fingerprint density at radius 1 is 0.459 bits per heavy atom. The minimum absolute atomic E-state index is 0.204. The maximum Gasteiger partial charge on any atom is 0.220 e. The van der Waals surface area contributed by atoms with E-state index in [4.69, 9.17) is 9.47 Å². The van der Waals surface area contributed by atoms with Gasteiger partial charge in [0.1, 0.15) is 24.4 Å². The van der Waals surface area contributed by atoms with Crippen LogP contribution in [0, 0.1) is 0 Å². The summed E-state index contributed by atoms with van der Waals surface area (Å²) in [5.74, 6) is -0.204. The number of carbonyl (C=O) groups is 1. The third-order valence-corrected chi connectivity index (χ3v) is 14.5. The second-order valence-electron chi connectivity index (χ2n) is 21.5. The molecule has 0 aromatic carbocycles. The van der Waals surface area contributed by atoms with Crippen LogP contribution in [0.1, 0.15) is 277 Å². The molecule has 0 radical (unpaired) electrons. The molecule has 1 aliphatic rings. The van der Waals surface area contributed by atoms with Gasteiger partial charge in [-0.1, -0.05) is 260 Å². The average molecular weight is 1040 g/mol. The Balaban J connectivity index is 2.22. The van der Waals surface area contributed by atoms with Gasteiger partial charge >= 0.3 is 0 Å². The summed E-state index contributed by atoms with van der Waals surface area (Å²) < 4.78 is 11.3. The van der Waals surface area contributed by atoms with Crippen molar-refractivity contribution in [3.05, 3.63) is 72.9 Å². The molecule has 9 heteroatoms. The van der Waals surface area contributed by atoms with Gasteiger partial charge in [-0.15, -0.1) is 0 Å². The normalized spacial score (nSPS) is 19.5. The van der Waals surface area contributed by atoms with E-state index in [1.54, 1.807) is 6.08 Å². The van der Waals surface area contributed by atoms with Crippen LogP contribution in [0.4, 0.5) is 0 Å². The van der Waals surface area contributed by atoms with Crippen molar-refractivity contribution in [2.75, 3.05) is 13.2 Å². The third-order valence-electron chi connectivity index (χ3n) is 14.5. The van der Waals surface area contributed by atoms with Gasteiger partial charge in [-0.05, 0) is 83.5 Å². The monoisotopic (exact) mass is 1040 g/mol. The molecule has 1 heterocycles. The van der Waals surface area contributed by atoms with Crippen molar-refractivity contribution in [3.63, 3.8) is 0 Å². The van der Waals surface area contributed by atoms with Crippen LogP contribution < -0.4 is 5.32 Å². The SMILES string of the molecule is CCCCC/C=C\C/C=C\C/C=C\CCCCCCCCC(=O)NC(COC1OC(CO)C(O)C(O)C1O)C(O)/C=C/CC/C=C/CC/C=C/CCCCCCCCCCCCCCCCCCCCCCCC. The summed E-state index contributed by atoms with van der Waals surface area (Å²) in [6.45, 7) is 3.74. The molecule has 9 nitrogen and oxygen atoms in total. The highest BCUT2D eigenvalue weighted by Crippen LogP contribution is 2.23. The fraction of sp³-hybridized carbons (Fsp3) is 0.800. The van der Waals surface area contributed by atoms with Gasteiger partial charge in [-0.25, -0.2) is 0 Å². The molecule has 0 aliphatic carbocycles. The number of unbranched alkanes of at least 4 members (excludes halogenated alkanes) is 33. The predicted octanol–water partition coefficient (Wildman–Crippen LogP) is 16.0. The largest absolute Gasteiger partial charge is 0.394 e. The van der Waals surface area contributed by atoms with Crippen molar-refractivity contribution in [1.29, 1.82) is 0 Å². The topological polar surface area (TPSA) is 149 Å². The maximum atomic E-state index is 13.0. The number of aliphatic hydroxyl groups is 5. The summed E-state index contributed by atoms with van der Waals surface area (Å²) in [6, 6.07) is -0.840. The molecule has 7 unspecified atom stereocenters. The van der Waals surface area contributed by atoms with Crippen LogP contribution in [0.25, 0.3) is 0 Å². The van der Waals surface area contributed by atoms with E-state index < -0.39 is 49.5 Å². The van der Waals surface area contributed by atoms with Crippen LogP contribution in [-0.2, 0) is 14.3 Å². The second-order valence-corrected chi connectivity index (χ2v) is 21.5. The summed E-state index contributed by atoms with van der Waals surface area (Å²) in [7, 11) is 0. The Kier molecular flexibility index (Phi) is 50.8. The summed E-state index contributed by atoms with van der Waals surface area (Å²) in [6.07, 6.45) is 68.5. The summed E-state index contributed by atoms with van der Waals surface area (Å²) in [4.78, 5) is 13.0. The average Bonchev–Trinajstić information content (AvgIpc) is 3.40. The molecule has 1 aliphatic heterocycles. The second kappa shape index (κ2) is 54.0. The van der Waals surface area contributed by atoms with Gasteiger partial charge in [-0.2, -0.15) is 0 Å². The van der Waals surface area contributed by atoms with Crippen LogP contribution in [0.5, 0.6) is 0 Å². The van der Waals surface area contributed by atoms with Crippen molar-refractivity contribution in [2.45, 2.75) is 320 Å². The first-order valence-electron chi connectivity index (χ1n) is 31.2. The number of aliphatic hydroxyl groups excluding tert-OH is 5. The van der Waals surface area contributed by atoms with Crippen molar-refractivity contribution < 1.29 is 39.8 Å². The van der Waals surface area contributed by atoms with Gasteiger partial charge in [0.25, 0.3) is 0 Å². The molecule has 1 saturated heterocycles. The Labute approximate surface area is 455 Å². The lowest BCUT2D eigenvalue weighted by atomic mass is 9.99. The molecule has 430 valence electrons. The minimum Gasteiger partial charge on any atom is -0.394 e.